The lowest BCUT2D eigenvalue weighted by Gasteiger charge is -2.14. The number of hydrogen-bond acceptors (Lipinski definition) is 5. The molecule has 0 aliphatic heterocycles. The lowest BCUT2D eigenvalue weighted by Crippen LogP contribution is -2.08. The van der Waals surface area contributed by atoms with Crippen molar-refractivity contribution in [3.05, 3.63) is 71.7 Å². The molecule has 0 aliphatic rings. The topological polar surface area (TPSA) is 53.1 Å². The molecule has 2 aromatic carbocycles. The summed E-state index contributed by atoms with van der Waals surface area (Å²) in [6, 6.07) is 16.6. The SMILES string of the molecule is Cc1cc(Nc2ccc(N(C)C)cc2)nc(NCc2ccccc2F)n1. The molecule has 3 rings (SSSR count). The summed E-state index contributed by atoms with van der Waals surface area (Å²) in [5, 5.41) is 6.36. The van der Waals surface area contributed by atoms with Crippen LogP contribution in [0.3, 0.4) is 0 Å². The van der Waals surface area contributed by atoms with Crippen LogP contribution >= 0.6 is 0 Å². The van der Waals surface area contributed by atoms with Gasteiger partial charge in [0.1, 0.15) is 11.6 Å². The molecule has 3 aromatic rings. The Morgan fingerprint density at radius 2 is 1.73 bits per heavy atom. The largest absolute Gasteiger partial charge is 0.378 e. The van der Waals surface area contributed by atoms with Crippen molar-refractivity contribution >= 4 is 23.1 Å². The predicted molar refractivity (Wildman–Crippen MR) is 105 cm³/mol. The first-order valence-electron chi connectivity index (χ1n) is 8.38. The van der Waals surface area contributed by atoms with Gasteiger partial charge in [0.15, 0.2) is 0 Å². The van der Waals surface area contributed by atoms with E-state index < -0.39 is 0 Å². The quantitative estimate of drug-likeness (QED) is 0.692. The molecule has 0 spiro atoms. The molecule has 0 fully saturated rings. The van der Waals surface area contributed by atoms with Crippen LogP contribution in [0.5, 0.6) is 0 Å². The maximum Gasteiger partial charge on any atom is 0.225 e. The van der Waals surface area contributed by atoms with E-state index in [1.165, 1.54) is 6.07 Å². The number of halogens is 1. The second kappa shape index (κ2) is 7.82. The predicted octanol–water partition coefficient (Wildman–Crippen LogP) is 4.35. The minimum atomic E-state index is -0.244. The van der Waals surface area contributed by atoms with Gasteiger partial charge >= 0.3 is 0 Å². The summed E-state index contributed by atoms with van der Waals surface area (Å²) in [4.78, 5) is 10.9. The lowest BCUT2D eigenvalue weighted by molar-refractivity contribution is 0.612. The van der Waals surface area contributed by atoms with Crippen LogP contribution in [0.2, 0.25) is 0 Å². The van der Waals surface area contributed by atoms with Gasteiger partial charge in [-0.1, -0.05) is 18.2 Å². The third-order valence-electron chi connectivity index (χ3n) is 3.91. The van der Waals surface area contributed by atoms with Gasteiger partial charge in [0.2, 0.25) is 5.95 Å². The van der Waals surface area contributed by atoms with Gasteiger partial charge in [-0.2, -0.15) is 4.98 Å². The highest BCUT2D eigenvalue weighted by Gasteiger charge is 2.05. The molecule has 2 N–H and O–H groups in total. The molecule has 0 saturated heterocycles. The summed E-state index contributed by atoms with van der Waals surface area (Å²) >= 11 is 0. The number of nitrogens with zero attached hydrogens (tertiary/aromatic N) is 3. The number of benzene rings is 2. The summed E-state index contributed by atoms with van der Waals surface area (Å²) in [6.07, 6.45) is 0. The van der Waals surface area contributed by atoms with Gasteiger partial charge in [-0.3, -0.25) is 0 Å². The number of aromatic nitrogens is 2. The minimum absolute atomic E-state index is 0.244. The van der Waals surface area contributed by atoms with Crippen LogP contribution in [0.15, 0.2) is 54.6 Å². The first-order chi connectivity index (χ1) is 12.5. The Morgan fingerprint density at radius 3 is 2.42 bits per heavy atom. The smallest absolute Gasteiger partial charge is 0.225 e. The zero-order valence-corrected chi connectivity index (χ0v) is 15.1. The van der Waals surface area contributed by atoms with Crippen LogP contribution in [-0.2, 0) is 6.54 Å². The zero-order valence-electron chi connectivity index (χ0n) is 15.1. The summed E-state index contributed by atoms with van der Waals surface area (Å²) < 4.78 is 13.7. The number of hydrogen-bond donors (Lipinski definition) is 2. The van der Waals surface area contributed by atoms with E-state index in [4.69, 9.17) is 0 Å². The van der Waals surface area contributed by atoms with E-state index in [0.29, 0.717) is 23.9 Å². The fraction of sp³-hybridized carbons (Fsp3) is 0.200. The van der Waals surface area contributed by atoms with Gasteiger partial charge in [-0.25, -0.2) is 9.37 Å². The average molecular weight is 351 g/mol. The number of anilines is 4. The third-order valence-corrected chi connectivity index (χ3v) is 3.91. The monoisotopic (exact) mass is 351 g/mol. The van der Waals surface area contributed by atoms with E-state index in [2.05, 4.69) is 20.6 Å². The van der Waals surface area contributed by atoms with E-state index >= 15 is 0 Å². The first kappa shape index (κ1) is 17.7. The van der Waals surface area contributed by atoms with Gasteiger partial charge in [-0.05, 0) is 37.3 Å². The first-order valence-corrected chi connectivity index (χ1v) is 8.38. The second-order valence-electron chi connectivity index (χ2n) is 6.23. The van der Waals surface area contributed by atoms with E-state index in [0.717, 1.165) is 17.1 Å². The van der Waals surface area contributed by atoms with Crippen LogP contribution in [0.4, 0.5) is 27.5 Å². The van der Waals surface area contributed by atoms with Gasteiger partial charge < -0.3 is 15.5 Å². The van der Waals surface area contributed by atoms with E-state index in [1.807, 2.05) is 62.3 Å². The summed E-state index contributed by atoms with van der Waals surface area (Å²) in [5.74, 6) is 0.902. The molecule has 0 unspecified atom stereocenters. The number of aryl methyl sites for hydroxylation is 1. The molecule has 0 radical (unpaired) electrons. The van der Waals surface area contributed by atoms with E-state index in [1.54, 1.807) is 12.1 Å². The standard InChI is InChI=1S/C20H22FN5/c1-14-12-19(24-16-8-10-17(11-9-16)26(2)3)25-20(23-14)22-13-15-6-4-5-7-18(15)21/h4-12H,13H2,1-3H3,(H2,22,23,24,25). The van der Waals surface area contributed by atoms with Crippen LogP contribution in [0, 0.1) is 12.7 Å². The van der Waals surface area contributed by atoms with Crippen LogP contribution in [0.25, 0.3) is 0 Å². The van der Waals surface area contributed by atoms with Crippen LogP contribution < -0.4 is 15.5 Å². The highest BCUT2D eigenvalue weighted by Crippen LogP contribution is 2.20. The maximum atomic E-state index is 13.7. The molecule has 0 aliphatic carbocycles. The van der Waals surface area contributed by atoms with Crippen molar-refractivity contribution in [1.29, 1.82) is 0 Å². The molecular weight excluding hydrogens is 329 g/mol. The lowest BCUT2D eigenvalue weighted by atomic mass is 10.2. The highest BCUT2D eigenvalue weighted by molar-refractivity contribution is 5.61. The second-order valence-corrected chi connectivity index (χ2v) is 6.23. The Kier molecular flexibility index (Phi) is 5.31. The normalized spacial score (nSPS) is 10.5. The molecule has 0 amide bonds. The molecule has 1 heterocycles. The van der Waals surface area contributed by atoms with Gasteiger partial charge in [0, 0.05) is 49.3 Å². The molecule has 5 nitrogen and oxygen atoms in total. The highest BCUT2D eigenvalue weighted by atomic mass is 19.1. The molecule has 0 bridgehead atoms. The molecule has 26 heavy (non-hydrogen) atoms. The summed E-state index contributed by atoms with van der Waals surface area (Å²) in [7, 11) is 4.01. The molecule has 1 aromatic heterocycles. The Bertz CT molecular complexity index is 878. The fourth-order valence-electron chi connectivity index (χ4n) is 2.52. The Labute approximate surface area is 152 Å². The van der Waals surface area contributed by atoms with Crippen molar-refractivity contribution in [2.75, 3.05) is 29.6 Å². The minimum Gasteiger partial charge on any atom is -0.378 e. The fourth-order valence-corrected chi connectivity index (χ4v) is 2.52. The maximum absolute atomic E-state index is 13.7. The molecule has 6 heteroatoms. The van der Waals surface area contributed by atoms with Crippen molar-refractivity contribution in [2.24, 2.45) is 0 Å². The molecule has 134 valence electrons. The number of nitrogens with one attached hydrogen (secondary N) is 2. The summed E-state index contributed by atoms with van der Waals surface area (Å²) in [6.45, 7) is 2.23. The van der Waals surface area contributed by atoms with Crippen LogP contribution in [0.1, 0.15) is 11.3 Å². The molecular formula is C20H22FN5. The molecule has 0 atom stereocenters. The van der Waals surface area contributed by atoms with E-state index in [9.17, 15) is 4.39 Å². The van der Waals surface area contributed by atoms with Gasteiger partial charge in [0.05, 0.1) is 0 Å². The Balaban J connectivity index is 1.72. The molecule has 0 saturated carbocycles. The van der Waals surface area contributed by atoms with Crippen molar-refractivity contribution in [3.8, 4) is 0 Å². The van der Waals surface area contributed by atoms with Crippen molar-refractivity contribution < 1.29 is 4.39 Å². The zero-order chi connectivity index (χ0) is 18.5. The Morgan fingerprint density at radius 1 is 1.00 bits per heavy atom. The third kappa shape index (κ3) is 4.47. The Hall–Kier alpha value is -3.15. The average Bonchev–Trinajstić information content (AvgIpc) is 2.61. The van der Waals surface area contributed by atoms with E-state index in [-0.39, 0.29) is 5.82 Å². The van der Waals surface area contributed by atoms with Crippen molar-refractivity contribution in [2.45, 2.75) is 13.5 Å². The van der Waals surface area contributed by atoms with Crippen molar-refractivity contribution in [3.63, 3.8) is 0 Å². The summed E-state index contributed by atoms with van der Waals surface area (Å²) in [5.41, 5.74) is 3.46. The van der Waals surface area contributed by atoms with Crippen LogP contribution in [-0.4, -0.2) is 24.1 Å². The van der Waals surface area contributed by atoms with Gasteiger partial charge in [0.25, 0.3) is 0 Å². The van der Waals surface area contributed by atoms with Crippen molar-refractivity contribution in [1.82, 2.24) is 9.97 Å². The van der Waals surface area contributed by atoms with Gasteiger partial charge in [-0.15, -0.1) is 0 Å². The number of rotatable bonds is 6.